The Hall–Kier alpha value is -1.06. The second kappa shape index (κ2) is 8.28. The molecule has 4 heteroatoms. The Morgan fingerprint density at radius 2 is 1.85 bits per heavy atom. The molecule has 1 atom stereocenters. The molecule has 0 aromatic heterocycles. The molecule has 0 fully saturated rings. The molecule has 0 spiro atoms. The number of carbonyl (C=O) groups is 1. The SMILES string of the molecule is CC(C)C[C@H](N)C(=O)N(C)c1cccc(C(C)C)c1.Cl. The van der Waals surface area contributed by atoms with E-state index in [0.717, 1.165) is 5.69 Å². The number of rotatable bonds is 5. The van der Waals surface area contributed by atoms with E-state index in [9.17, 15) is 4.79 Å². The van der Waals surface area contributed by atoms with Crippen molar-refractivity contribution in [3.05, 3.63) is 29.8 Å². The number of hydrogen-bond acceptors (Lipinski definition) is 2. The van der Waals surface area contributed by atoms with Crippen LogP contribution >= 0.6 is 12.4 Å². The summed E-state index contributed by atoms with van der Waals surface area (Å²) in [5.74, 6) is 0.858. The van der Waals surface area contributed by atoms with Gasteiger partial charge in [-0.15, -0.1) is 12.4 Å². The van der Waals surface area contributed by atoms with Crippen molar-refractivity contribution in [3.8, 4) is 0 Å². The standard InChI is InChI=1S/C16H26N2O.ClH/c1-11(2)9-15(17)16(19)18(5)14-8-6-7-13(10-14)12(3)4;/h6-8,10-12,15H,9,17H2,1-5H3;1H/t15-;/m0./s1. The molecular weight excluding hydrogens is 272 g/mol. The van der Waals surface area contributed by atoms with E-state index in [2.05, 4.69) is 39.8 Å². The minimum atomic E-state index is -0.423. The quantitative estimate of drug-likeness (QED) is 0.903. The highest BCUT2D eigenvalue weighted by atomic mass is 35.5. The van der Waals surface area contributed by atoms with Crippen molar-refractivity contribution in [2.24, 2.45) is 11.7 Å². The van der Waals surface area contributed by atoms with Crippen LogP contribution in [0.25, 0.3) is 0 Å². The molecule has 1 aromatic carbocycles. The number of nitrogens with two attached hydrogens (primary N) is 1. The fraction of sp³-hybridized carbons (Fsp3) is 0.562. The fourth-order valence-electron chi connectivity index (χ4n) is 2.08. The lowest BCUT2D eigenvalue weighted by Crippen LogP contribution is -2.42. The molecule has 20 heavy (non-hydrogen) atoms. The average Bonchev–Trinajstić information content (AvgIpc) is 2.36. The van der Waals surface area contributed by atoms with Gasteiger partial charge in [0.2, 0.25) is 5.91 Å². The van der Waals surface area contributed by atoms with Crippen LogP contribution in [0.2, 0.25) is 0 Å². The Kier molecular flexibility index (Phi) is 7.84. The lowest BCUT2D eigenvalue weighted by atomic mass is 10.0. The van der Waals surface area contributed by atoms with Crippen LogP contribution in [-0.4, -0.2) is 19.0 Å². The van der Waals surface area contributed by atoms with Gasteiger partial charge < -0.3 is 10.6 Å². The van der Waals surface area contributed by atoms with Crippen molar-refractivity contribution in [3.63, 3.8) is 0 Å². The normalized spacial score (nSPS) is 12.2. The first kappa shape index (κ1) is 18.9. The van der Waals surface area contributed by atoms with E-state index < -0.39 is 6.04 Å². The lowest BCUT2D eigenvalue weighted by Gasteiger charge is -2.23. The molecule has 3 nitrogen and oxygen atoms in total. The van der Waals surface area contributed by atoms with Gasteiger partial charge in [-0.05, 0) is 36.0 Å². The summed E-state index contributed by atoms with van der Waals surface area (Å²) in [6, 6.07) is 7.66. The number of halogens is 1. The predicted molar refractivity (Wildman–Crippen MR) is 88.6 cm³/mol. The lowest BCUT2D eigenvalue weighted by molar-refractivity contribution is -0.119. The fourth-order valence-corrected chi connectivity index (χ4v) is 2.08. The van der Waals surface area contributed by atoms with Gasteiger partial charge in [0.05, 0.1) is 6.04 Å². The van der Waals surface area contributed by atoms with E-state index in [0.29, 0.717) is 18.3 Å². The number of nitrogens with zero attached hydrogens (tertiary/aromatic N) is 1. The molecule has 0 radical (unpaired) electrons. The van der Waals surface area contributed by atoms with Crippen LogP contribution in [0.3, 0.4) is 0 Å². The highest BCUT2D eigenvalue weighted by Gasteiger charge is 2.20. The zero-order chi connectivity index (χ0) is 14.6. The molecule has 1 amide bonds. The molecular formula is C16H27ClN2O. The smallest absolute Gasteiger partial charge is 0.243 e. The highest BCUT2D eigenvalue weighted by molar-refractivity contribution is 5.96. The van der Waals surface area contributed by atoms with Crippen molar-refractivity contribution in [1.82, 2.24) is 0 Å². The summed E-state index contributed by atoms with van der Waals surface area (Å²) < 4.78 is 0. The third kappa shape index (κ3) is 5.14. The summed E-state index contributed by atoms with van der Waals surface area (Å²) in [4.78, 5) is 13.9. The van der Waals surface area contributed by atoms with Crippen LogP contribution < -0.4 is 10.6 Å². The molecule has 0 heterocycles. The Bertz CT molecular complexity index is 432. The van der Waals surface area contributed by atoms with Crippen molar-refractivity contribution < 1.29 is 4.79 Å². The Morgan fingerprint density at radius 3 is 2.35 bits per heavy atom. The first-order valence-electron chi connectivity index (χ1n) is 6.96. The second-order valence-corrected chi connectivity index (χ2v) is 5.88. The van der Waals surface area contributed by atoms with Gasteiger partial charge in [-0.2, -0.15) is 0 Å². The maximum atomic E-state index is 12.3. The zero-order valence-electron chi connectivity index (χ0n) is 13.1. The first-order valence-corrected chi connectivity index (χ1v) is 6.96. The molecule has 0 saturated heterocycles. The average molecular weight is 299 g/mol. The number of benzene rings is 1. The number of likely N-dealkylation sites (N-methyl/N-ethyl adjacent to an activating group) is 1. The second-order valence-electron chi connectivity index (χ2n) is 5.88. The van der Waals surface area contributed by atoms with E-state index in [4.69, 9.17) is 5.73 Å². The molecule has 0 bridgehead atoms. The highest BCUT2D eigenvalue weighted by Crippen LogP contribution is 2.21. The molecule has 0 aliphatic carbocycles. The van der Waals surface area contributed by atoms with Crippen molar-refractivity contribution in [1.29, 1.82) is 0 Å². The maximum Gasteiger partial charge on any atom is 0.243 e. The summed E-state index contributed by atoms with van der Waals surface area (Å²) in [6.07, 6.45) is 0.715. The minimum absolute atomic E-state index is 0. The topological polar surface area (TPSA) is 46.3 Å². The molecule has 0 unspecified atom stereocenters. The number of hydrogen-bond donors (Lipinski definition) is 1. The monoisotopic (exact) mass is 298 g/mol. The van der Waals surface area contributed by atoms with Crippen LogP contribution in [0.15, 0.2) is 24.3 Å². The van der Waals surface area contributed by atoms with Gasteiger partial charge in [0, 0.05) is 12.7 Å². The Labute approximate surface area is 128 Å². The van der Waals surface area contributed by atoms with Gasteiger partial charge in [-0.3, -0.25) is 4.79 Å². The minimum Gasteiger partial charge on any atom is -0.320 e. The van der Waals surface area contributed by atoms with Crippen LogP contribution in [0, 0.1) is 5.92 Å². The van der Waals surface area contributed by atoms with E-state index >= 15 is 0 Å². The van der Waals surface area contributed by atoms with E-state index in [1.165, 1.54) is 5.56 Å². The van der Waals surface area contributed by atoms with Crippen LogP contribution in [0.5, 0.6) is 0 Å². The molecule has 1 rings (SSSR count). The molecule has 0 aliphatic rings. The zero-order valence-corrected chi connectivity index (χ0v) is 13.9. The molecule has 114 valence electrons. The van der Waals surface area contributed by atoms with Crippen LogP contribution in [-0.2, 0) is 4.79 Å². The van der Waals surface area contributed by atoms with Crippen molar-refractivity contribution in [2.75, 3.05) is 11.9 Å². The van der Waals surface area contributed by atoms with Gasteiger partial charge in [-0.25, -0.2) is 0 Å². The number of anilines is 1. The molecule has 2 N–H and O–H groups in total. The Morgan fingerprint density at radius 1 is 1.25 bits per heavy atom. The molecule has 0 saturated carbocycles. The summed E-state index contributed by atoms with van der Waals surface area (Å²) in [7, 11) is 1.79. The van der Waals surface area contributed by atoms with Crippen LogP contribution in [0.4, 0.5) is 5.69 Å². The van der Waals surface area contributed by atoms with E-state index in [1.807, 2.05) is 12.1 Å². The number of amides is 1. The maximum absolute atomic E-state index is 12.3. The largest absolute Gasteiger partial charge is 0.320 e. The van der Waals surface area contributed by atoms with Gasteiger partial charge >= 0.3 is 0 Å². The summed E-state index contributed by atoms with van der Waals surface area (Å²) >= 11 is 0. The Balaban J connectivity index is 0.00000361. The van der Waals surface area contributed by atoms with Gasteiger partial charge in [0.1, 0.15) is 0 Å². The van der Waals surface area contributed by atoms with Crippen molar-refractivity contribution >= 4 is 24.0 Å². The number of carbonyl (C=O) groups excluding carboxylic acids is 1. The summed E-state index contributed by atoms with van der Waals surface area (Å²) in [6.45, 7) is 8.44. The third-order valence-corrected chi connectivity index (χ3v) is 3.30. The predicted octanol–water partition coefficient (Wildman–Crippen LogP) is 3.57. The van der Waals surface area contributed by atoms with E-state index in [-0.39, 0.29) is 18.3 Å². The van der Waals surface area contributed by atoms with Gasteiger partial charge in [0.15, 0.2) is 0 Å². The summed E-state index contributed by atoms with van der Waals surface area (Å²) in [5, 5.41) is 0. The third-order valence-electron chi connectivity index (χ3n) is 3.30. The van der Waals surface area contributed by atoms with Gasteiger partial charge in [0.25, 0.3) is 0 Å². The van der Waals surface area contributed by atoms with Gasteiger partial charge in [-0.1, -0.05) is 39.8 Å². The van der Waals surface area contributed by atoms with E-state index in [1.54, 1.807) is 11.9 Å². The van der Waals surface area contributed by atoms with Crippen LogP contribution in [0.1, 0.15) is 45.6 Å². The molecule has 1 aromatic rings. The molecule has 0 aliphatic heterocycles. The first-order chi connectivity index (χ1) is 8.82. The van der Waals surface area contributed by atoms with Crippen molar-refractivity contribution in [2.45, 2.75) is 46.1 Å². The summed E-state index contributed by atoms with van der Waals surface area (Å²) in [5.41, 5.74) is 8.11.